The topological polar surface area (TPSA) is 38.9 Å². The van der Waals surface area contributed by atoms with Crippen molar-refractivity contribution in [2.45, 2.75) is 19.3 Å². The summed E-state index contributed by atoms with van der Waals surface area (Å²) in [6.07, 6.45) is 3.73. The zero-order chi connectivity index (χ0) is 10.9. The average molecular weight is 200 g/mol. The van der Waals surface area contributed by atoms with Gasteiger partial charge in [-0.05, 0) is 17.0 Å². The Morgan fingerprint density at radius 2 is 2.07 bits per heavy atom. The van der Waals surface area contributed by atoms with Crippen molar-refractivity contribution in [3.8, 4) is 0 Å². The van der Waals surface area contributed by atoms with Gasteiger partial charge in [-0.1, -0.05) is 32.0 Å². The van der Waals surface area contributed by atoms with E-state index in [0.29, 0.717) is 6.54 Å². The summed E-state index contributed by atoms with van der Waals surface area (Å²) in [6, 6.07) is 8.35. The fourth-order valence-corrected chi connectivity index (χ4v) is 1.82. The molecular weight excluding hydrogens is 184 g/mol. The highest BCUT2D eigenvalue weighted by atomic mass is 14.6. The molecule has 15 heavy (non-hydrogen) atoms. The van der Waals surface area contributed by atoms with E-state index in [-0.39, 0.29) is 5.41 Å². The van der Waals surface area contributed by atoms with Crippen LogP contribution in [0.15, 0.2) is 36.7 Å². The molecule has 0 aliphatic carbocycles. The van der Waals surface area contributed by atoms with E-state index in [9.17, 15) is 0 Å². The summed E-state index contributed by atoms with van der Waals surface area (Å²) in [6.45, 7) is 4.98. The molecule has 0 aliphatic rings. The maximum Gasteiger partial charge on any atom is 0.0346 e. The Hall–Kier alpha value is -1.41. The lowest BCUT2D eigenvalue weighted by atomic mass is 9.82. The van der Waals surface area contributed by atoms with Crippen molar-refractivity contribution >= 4 is 10.8 Å². The van der Waals surface area contributed by atoms with Crippen molar-refractivity contribution in [2.75, 3.05) is 6.54 Å². The van der Waals surface area contributed by atoms with Crippen LogP contribution in [0.1, 0.15) is 19.4 Å². The van der Waals surface area contributed by atoms with Gasteiger partial charge in [-0.25, -0.2) is 0 Å². The second-order valence-electron chi connectivity index (χ2n) is 4.49. The second kappa shape index (κ2) is 3.63. The fraction of sp³-hybridized carbons (Fsp3) is 0.308. The summed E-state index contributed by atoms with van der Waals surface area (Å²) < 4.78 is 0. The number of hydrogen-bond acceptors (Lipinski definition) is 2. The van der Waals surface area contributed by atoms with Crippen LogP contribution < -0.4 is 5.73 Å². The normalized spacial score (nSPS) is 11.9. The fourth-order valence-electron chi connectivity index (χ4n) is 1.82. The summed E-state index contributed by atoms with van der Waals surface area (Å²) in [7, 11) is 0. The number of nitrogens with two attached hydrogens (primary N) is 1. The van der Waals surface area contributed by atoms with Crippen LogP contribution in [-0.4, -0.2) is 11.5 Å². The van der Waals surface area contributed by atoms with Crippen LogP contribution in [0.5, 0.6) is 0 Å². The van der Waals surface area contributed by atoms with Crippen molar-refractivity contribution in [1.29, 1.82) is 0 Å². The zero-order valence-electron chi connectivity index (χ0n) is 9.20. The van der Waals surface area contributed by atoms with Gasteiger partial charge in [0.05, 0.1) is 0 Å². The number of fused-ring (bicyclic) bond motifs is 1. The summed E-state index contributed by atoms with van der Waals surface area (Å²) in [5, 5.41) is 2.43. The minimum absolute atomic E-state index is 0.0147. The van der Waals surface area contributed by atoms with E-state index in [4.69, 9.17) is 5.73 Å². The van der Waals surface area contributed by atoms with Gasteiger partial charge in [-0.3, -0.25) is 4.98 Å². The Bertz CT molecular complexity index is 469. The van der Waals surface area contributed by atoms with E-state index >= 15 is 0 Å². The third-order valence-corrected chi connectivity index (χ3v) is 2.92. The van der Waals surface area contributed by atoms with Crippen molar-refractivity contribution in [3.05, 3.63) is 42.2 Å². The van der Waals surface area contributed by atoms with E-state index in [1.165, 1.54) is 16.3 Å². The number of benzene rings is 1. The molecule has 0 unspecified atom stereocenters. The van der Waals surface area contributed by atoms with Crippen molar-refractivity contribution < 1.29 is 0 Å². The van der Waals surface area contributed by atoms with E-state index in [2.05, 4.69) is 43.1 Å². The van der Waals surface area contributed by atoms with Gasteiger partial charge in [0.25, 0.3) is 0 Å². The Labute approximate surface area is 90.1 Å². The lowest BCUT2D eigenvalue weighted by Gasteiger charge is -2.24. The van der Waals surface area contributed by atoms with Crippen LogP contribution in [0, 0.1) is 0 Å². The third kappa shape index (κ3) is 1.73. The first-order valence-electron chi connectivity index (χ1n) is 5.18. The third-order valence-electron chi connectivity index (χ3n) is 2.92. The number of hydrogen-bond donors (Lipinski definition) is 1. The molecule has 0 fully saturated rings. The molecule has 2 heteroatoms. The molecule has 2 aromatic rings. The molecule has 0 spiro atoms. The first kappa shape index (κ1) is 10.1. The standard InChI is InChI=1S/C13H16N2/c1-13(2,9-14)12-5-3-4-10-8-15-7-6-11(10)12/h3-8H,9,14H2,1-2H3. The monoisotopic (exact) mass is 200 g/mol. The van der Waals surface area contributed by atoms with Crippen LogP contribution in [0.2, 0.25) is 0 Å². The van der Waals surface area contributed by atoms with Gasteiger partial charge in [-0.2, -0.15) is 0 Å². The molecule has 0 radical (unpaired) electrons. The lowest BCUT2D eigenvalue weighted by molar-refractivity contribution is 0.544. The van der Waals surface area contributed by atoms with Gasteiger partial charge in [0.2, 0.25) is 0 Å². The number of nitrogens with zero attached hydrogens (tertiary/aromatic N) is 1. The molecule has 0 amide bonds. The highest BCUT2D eigenvalue weighted by Crippen LogP contribution is 2.28. The summed E-state index contributed by atoms with van der Waals surface area (Å²) in [5.41, 5.74) is 7.12. The Morgan fingerprint density at radius 1 is 1.27 bits per heavy atom. The van der Waals surface area contributed by atoms with Gasteiger partial charge in [0, 0.05) is 29.7 Å². The van der Waals surface area contributed by atoms with Crippen molar-refractivity contribution in [2.24, 2.45) is 5.73 Å². The predicted octanol–water partition coefficient (Wildman–Crippen LogP) is 2.47. The van der Waals surface area contributed by atoms with Gasteiger partial charge in [0.1, 0.15) is 0 Å². The van der Waals surface area contributed by atoms with E-state index < -0.39 is 0 Å². The SMILES string of the molecule is CC(C)(CN)c1cccc2cnccc12. The molecule has 0 bridgehead atoms. The molecule has 1 aromatic carbocycles. The number of pyridine rings is 1. The zero-order valence-corrected chi connectivity index (χ0v) is 9.20. The highest BCUT2D eigenvalue weighted by Gasteiger charge is 2.20. The number of rotatable bonds is 2. The molecule has 2 N–H and O–H groups in total. The largest absolute Gasteiger partial charge is 0.330 e. The van der Waals surface area contributed by atoms with Crippen LogP contribution in [0.3, 0.4) is 0 Å². The summed E-state index contributed by atoms with van der Waals surface area (Å²) in [4.78, 5) is 4.13. The van der Waals surface area contributed by atoms with Crippen molar-refractivity contribution in [1.82, 2.24) is 4.98 Å². The molecular formula is C13H16N2. The molecule has 2 rings (SSSR count). The molecule has 0 aliphatic heterocycles. The van der Waals surface area contributed by atoms with Gasteiger partial charge in [-0.15, -0.1) is 0 Å². The molecule has 1 heterocycles. The highest BCUT2D eigenvalue weighted by molar-refractivity contribution is 5.85. The minimum Gasteiger partial charge on any atom is -0.330 e. The summed E-state index contributed by atoms with van der Waals surface area (Å²) >= 11 is 0. The minimum atomic E-state index is 0.0147. The first-order valence-corrected chi connectivity index (χ1v) is 5.18. The molecule has 0 saturated heterocycles. The van der Waals surface area contributed by atoms with Gasteiger partial charge >= 0.3 is 0 Å². The van der Waals surface area contributed by atoms with Crippen LogP contribution in [0.25, 0.3) is 10.8 Å². The van der Waals surface area contributed by atoms with Crippen molar-refractivity contribution in [3.63, 3.8) is 0 Å². The van der Waals surface area contributed by atoms with Crippen LogP contribution >= 0.6 is 0 Å². The van der Waals surface area contributed by atoms with Gasteiger partial charge in [0.15, 0.2) is 0 Å². The van der Waals surface area contributed by atoms with E-state index in [1.807, 2.05) is 12.4 Å². The van der Waals surface area contributed by atoms with E-state index in [1.54, 1.807) is 0 Å². The maximum absolute atomic E-state index is 5.81. The maximum atomic E-state index is 5.81. The Kier molecular flexibility index (Phi) is 2.45. The predicted molar refractivity (Wildman–Crippen MR) is 63.8 cm³/mol. The Morgan fingerprint density at radius 3 is 2.80 bits per heavy atom. The molecule has 1 aromatic heterocycles. The molecule has 78 valence electrons. The molecule has 2 nitrogen and oxygen atoms in total. The first-order chi connectivity index (χ1) is 7.15. The van der Waals surface area contributed by atoms with Gasteiger partial charge < -0.3 is 5.73 Å². The Balaban J connectivity index is 2.71. The smallest absolute Gasteiger partial charge is 0.0346 e. The van der Waals surface area contributed by atoms with Crippen LogP contribution in [-0.2, 0) is 5.41 Å². The van der Waals surface area contributed by atoms with E-state index in [0.717, 1.165) is 0 Å². The summed E-state index contributed by atoms with van der Waals surface area (Å²) in [5.74, 6) is 0. The van der Waals surface area contributed by atoms with Crippen LogP contribution in [0.4, 0.5) is 0 Å². The second-order valence-corrected chi connectivity index (χ2v) is 4.49. The lowest BCUT2D eigenvalue weighted by Crippen LogP contribution is -2.28. The quantitative estimate of drug-likeness (QED) is 0.808. The number of aromatic nitrogens is 1. The molecule has 0 saturated carbocycles. The average Bonchev–Trinajstić information content (AvgIpc) is 2.28. The molecule has 0 atom stereocenters.